The quantitative estimate of drug-likeness (QED) is 0.700. The molecule has 0 bridgehead atoms. The largest absolute Gasteiger partial charge is 0.416 e. The minimum Gasteiger partial charge on any atom is -0.348 e. The molecule has 3 fully saturated rings. The average molecular weight is 450 g/mol. The highest BCUT2D eigenvalue weighted by Gasteiger charge is 2.58. The van der Waals surface area contributed by atoms with Gasteiger partial charge in [-0.2, -0.15) is 13.2 Å². The van der Waals surface area contributed by atoms with Crippen LogP contribution in [0.4, 0.5) is 13.2 Å². The second-order valence-electron chi connectivity index (χ2n) is 8.63. The molecule has 0 aromatic heterocycles. The summed E-state index contributed by atoms with van der Waals surface area (Å²) in [4.78, 5) is 0.312. The Hall–Kier alpha value is -1.04. The molecule has 1 aromatic rings. The third kappa shape index (κ3) is 4.44. The van der Waals surface area contributed by atoms with Crippen LogP contribution in [0.1, 0.15) is 33.3 Å². The Balaban J connectivity index is 1.53. The van der Waals surface area contributed by atoms with Gasteiger partial charge in [-0.25, -0.2) is 0 Å². The second kappa shape index (κ2) is 7.53. The Morgan fingerprint density at radius 1 is 1.00 bits per heavy atom. The molecule has 0 aliphatic carbocycles. The van der Waals surface area contributed by atoms with Crippen molar-refractivity contribution in [1.29, 1.82) is 0 Å². The summed E-state index contributed by atoms with van der Waals surface area (Å²) in [5.74, 6) is -1.82. The van der Waals surface area contributed by atoms with Gasteiger partial charge in [0.1, 0.15) is 12.2 Å². The van der Waals surface area contributed by atoms with Crippen LogP contribution in [-0.4, -0.2) is 52.7 Å². The van der Waals surface area contributed by atoms with Crippen LogP contribution >= 0.6 is 0 Å². The van der Waals surface area contributed by atoms with Crippen LogP contribution in [0.25, 0.3) is 0 Å². The fourth-order valence-corrected chi connectivity index (χ4v) is 5.45. The molecule has 0 amide bonds. The summed E-state index contributed by atoms with van der Waals surface area (Å²) in [5.41, 5.74) is -0.779. The number of ether oxygens (including phenoxy) is 5. The minimum atomic E-state index is -4.44. The maximum Gasteiger partial charge on any atom is 0.416 e. The van der Waals surface area contributed by atoms with E-state index >= 15 is 0 Å². The molecule has 0 N–H and O–H groups in total. The maximum absolute atomic E-state index is 13.0. The molecule has 3 aliphatic heterocycles. The van der Waals surface area contributed by atoms with Crippen LogP contribution in [0.3, 0.4) is 0 Å². The van der Waals surface area contributed by atoms with Crippen molar-refractivity contribution < 1.29 is 41.1 Å². The van der Waals surface area contributed by atoms with Gasteiger partial charge in [0.25, 0.3) is 0 Å². The van der Waals surface area contributed by atoms with E-state index in [4.69, 9.17) is 23.7 Å². The molecular formula is C20H25F3O6S. The molecule has 4 rings (SSSR count). The molecule has 0 spiro atoms. The number of alkyl halides is 3. The molecular weight excluding hydrogens is 425 g/mol. The Morgan fingerprint density at radius 3 is 2.23 bits per heavy atom. The summed E-state index contributed by atoms with van der Waals surface area (Å²) < 4.78 is 80.9. The molecule has 3 heterocycles. The Bertz CT molecular complexity index is 810. The lowest BCUT2D eigenvalue weighted by molar-refractivity contribution is -0.226. The summed E-state index contributed by atoms with van der Waals surface area (Å²) in [5, 5.41) is 0. The first kappa shape index (κ1) is 22.2. The summed E-state index contributed by atoms with van der Waals surface area (Å²) in [6.45, 7) is 7.45. The van der Waals surface area contributed by atoms with Crippen molar-refractivity contribution in [2.45, 2.75) is 74.9 Å². The zero-order valence-corrected chi connectivity index (χ0v) is 17.9. The van der Waals surface area contributed by atoms with Crippen LogP contribution in [0.15, 0.2) is 29.2 Å². The smallest absolute Gasteiger partial charge is 0.348 e. The van der Waals surface area contributed by atoms with E-state index in [9.17, 15) is 17.4 Å². The summed E-state index contributed by atoms with van der Waals surface area (Å²) in [6, 6.07) is 4.37. The van der Waals surface area contributed by atoms with Gasteiger partial charge in [-0.1, -0.05) is 0 Å². The van der Waals surface area contributed by atoms with Gasteiger partial charge in [0.15, 0.2) is 17.9 Å². The molecule has 3 saturated heterocycles. The predicted molar refractivity (Wildman–Crippen MR) is 99.8 cm³/mol. The van der Waals surface area contributed by atoms with Gasteiger partial charge in [-0.05, 0) is 52.0 Å². The zero-order valence-electron chi connectivity index (χ0n) is 17.1. The SMILES string of the molecule is CC1(C)OC2OC([C@H]3COC(C)(C)O3)C(C[S@@](=O)c3ccc(C(F)(F)F)cc3)C2O1. The lowest BCUT2D eigenvalue weighted by Crippen LogP contribution is -2.41. The van der Waals surface area contributed by atoms with Gasteiger partial charge in [0.2, 0.25) is 0 Å². The van der Waals surface area contributed by atoms with E-state index in [0.717, 1.165) is 12.1 Å². The highest BCUT2D eigenvalue weighted by Crippen LogP contribution is 2.44. The van der Waals surface area contributed by atoms with Crippen molar-refractivity contribution in [2.75, 3.05) is 12.4 Å². The molecule has 0 radical (unpaired) electrons. The molecule has 30 heavy (non-hydrogen) atoms. The highest BCUT2D eigenvalue weighted by atomic mass is 32.2. The Morgan fingerprint density at radius 2 is 1.67 bits per heavy atom. The molecule has 10 heteroatoms. The Labute approximate surface area is 175 Å². The molecule has 0 saturated carbocycles. The summed E-state index contributed by atoms with van der Waals surface area (Å²) in [7, 11) is -1.56. The van der Waals surface area contributed by atoms with Crippen molar-refractivity contribution in [2.24, 2.45) is 5.92 Å². The van der Waals surface area contributed by atoms with E-state index in [1.807, 2.05) is 0 Å². The first-order valence-electron chi connectivity index (χ1n) is 9.73. The van der Waals surface area contributed by atoms with E-state index < -0.39 is 58.7 Å². The van der Waals surface area contributed by atoms with E-state index in [0.29, 0.717) is 11.5 Å². The van der Waals surface area contributed by atoms with Gasteiger partial charge >= 0.3 is 6.18 Å². The lowest BCUT2D eigenvalue weighted by Gasteiger charge is -2.28. The van der Waals surface area contributed by atoms with Crippen LogP contribution in [-0.2, 0) is 40.7 Å². The fraction of sp³-hybridized carbons (Fsp3) is 0.700. The molecule has 4 unspecified atom stereocenters. The van der Waals surface area contributed by atoms with Gasteiger partial charge in [-0.3, -0.25) is 4.21 Å². The van der Waals surface area contributed by atoms with Crippen LogP contribution in [0.5, 0.6) is 0 Å². The number of hydrogen-bond donors (Lipinski definition) is 0. The first-order chi connectivity index (χ1) is 13.8. The number of rotatable bonds is 4. The Kier molecular flexibility index (Phi) is 5.56. The summed E-state index contributed by atoms with van der Waals surface area (Å²) >= 11 is 0. The first-order valence-corrected chi connectivity index (χ1v) is 11.1. The third-order valence-electron chi connectivity index (χ3n) is 5.41. The van der Waals surface area contributed by atoms with E-state index in [1.54, 1.807) is 27.7 Å². The fourth-order valence-electron chi connectivity index (χ4n) is 4.09. The molecule has 6 atom stereocenters. The normalized spacial score (nSPS) is 36.0. The van der Waals surface area contributed by atoms with Crippen molar-refractivity contribution in [3.63, 3.8) is 0 Å². The van der Waals surface area contributed by atoms with Gasteiger partial charge < -0.3 is 23.7 Å². The van der Waals surface area contributed by atoms with Crippen molar-refractivity contribution in [3.05, 3.63) is 29.8 Å². The standard InChI is InChI=1S/C20H25F3O6S/c1-18(2)25-9-14(27-18)15-13(16-17(26-15)29-19(3,4)28-16)10-30(24)12-7-5-11(6-8-12)20(21,22)23/h5-8,13-17H,9-10H2,1-4H3/t13?,14-,15?,16?,17?,30-/m1/s1. The van der Waals surface area contributed by atoms with Crippen LogP contribution in [0.2, 0.25) is 0 Å². The van der Waals surface area contributed by atoms with E-state index in [1.165, 1.54) is 12.1 Å². The maximum atomic E-state index is 13.0. The van der Waals surface area contributed by atoms with E-state index in [2.05, 4.69) is 0 Å². The van der Waals surface area contributed by atoms with Gasteiger partial charge in [0.05, 0.1) is 29.1 Å². The number of halogens is 3. The lowest BCUT2D eigenvalue weighted by atomic mass is 9.97. The molecule has 1 aromatic carbocycles. The second-order valence-corrected chi connectivity index (χ2v) is 10.1. The number of hydrogen-bond acceptors (Lipinski definition) is 6. The molecule has 6 nitrogen and oxygen atoms in total. The molecule has 168 valence electrons. The molecule has 3 aliphatic rings. The van der Waals surface area contributed by atoms with E-state index in [-0.39, 0.29) is 11.7 Å². The predicted octanol–water partition coefficient (Wildman–Crippen LogP) is 3.46. The number of benzene rings is 1. The minimum absolute atomic E-state index is 0.136. The van der Waals surface area contributed by atoms with Crippen molar-refractivity contribution in [3.8, 4) is 0 Å². The number of fused-ring (bicyclic) bond motifs is 1. The van der Waals surface area contributed by atoms with Gasteiger partial charge in [0, 0.05) is 16.6 Å². The highest BCUT2D eigenvalue weighted by molar-refractivity contribution is 7.85. The third-order valence-corrected chi connectivity index (χ3v) is 6.89. The van der Waals surface area contributed by atoms with Crippen LogP contribution in [0, 0.1) is 5.92 Å². The average Bonchev–Trinajstić information content (AvgIpc) is 3.24. The monoisotopic (exact) mass is 450 g/mol. The summed E-state index contributed by atoms with van der Waals surface area (Å²) in [6.07, 6.45) is -6.40. The van der Waals surface area contributed by atoms with Crippen LogP contribution < -0.4 is 0 Å². The zero-order chi connectivity index (χ0) is 21.9. The van der Waals surface area contributed by atoms with Gasteiger partial charge in [-0.15, -0.1) is 0 Å². The van der Waals surface area contributed by atoms with Crippen molar-refractivity contribution in [1.82, 2.24) is 0 Å². The topological polar surface area (TPSA) is 63.2 Å². The van der Waals surface area contributed by atoms with Crippen molar-refractivity contribution >= 4 is 10.8 Å².